The van der Waals surface area contributed by atoms with Gasteiger partial charge in [0.15, 0.2) is 0 Å². The van der Waals surface area contributed by atoms with E-state index in [9.17, 15) is 5.26 Å². The Morgan fingerprint density at radius 2 is 2.15 bits per heavy atom. The molecule has 0 bridgehead atoms. The highest BCUT2D eigenvalue weighted by molar-refractivity contribution is 6.34. The third-order valence-corrected chi connectivity index (χ3v) is 5.63. The summed E-state index contributed by atoms with van der Waals surface area (Å²) >= 11 is 6.54. The van der Waals surface area contributed by atoms with Gasteiger partial charge in [-0.3, -0.25) is 15.3 Å². The minimum atomic E-state index is 0.0201. The number of piperidine rings is 1. The van der Waals surface area contributed by atoms with Gasteiger partial charge < -0.3 is 4.90 Å². The highest BCUT2D eigenvalue weighted by Crippen LogP contribution is 2.37. The normalized spacial score (nSPS) is 20.1. The Morgan fingerprint density at radius 1 is 1.38 bits per heavy atom. The Hall–Kier alpha value is -2.27. The van der Waals surface area contributed by atoms with Crippen LogP contribution in [0.3, 0.4) is 0 Å². The Kier molecular flexibility index (Phi) is 4.49. The lowest BCUT2D eigenvalue weighted by Gasteiger charge is -2.37. The SMILES string of the molecule is CC(c1cc(Cl)c2cncn2c1N1CCC(C#N)CC1)N1C=CCN1N. The van der Waals surface area contributed by atoms with Crippen LogP contribution in [0.2, 0.25) is 5.02 Å². The average Bonchev–Trinajstić information content (AvgIpc) is 3.30. The van der Waals surface area contributed by atoms with Gasteiger partial charge in [-0.25, -0.2) is 4.98 Å². The highest BCUT2D eigenvalue weighted by atomic mass is 35.5. The van der Waals surface area contributed by atoms with Crippen LogP contribution in [0.15, 0.2) is 30.9 Å². The van der Waals surface area contributed by atoms with E-state index in [1.165, 1.54) is 0 Å². The molecule has 2 aromatic heterocycles. The van der Waals surface area contributed by atoms with Gasteiger partial charge in [0.2, 0.25) is 0 Å². The van der Waals surface area contributed by atoms with Crippen LogP contribution in [0.5, 0.6) is 0 Å². The lowest BCUT2D eigenvalue weighted by Crippen LogP contribution is -2.43. The summed E-state index contributed by atoms with van der Waals surface area (Å²) in [6, 6.07) is 4.44. The van der Waals surface area contributed by atoms with E-state index in [2.05, 4.69) is 27.3 Å². The van der Waals surface area contributed by atoms with E-state index in [-0.39, 0.29) is 12.0 Å². The molecule has 0 aliphatic carbocycles. The number of imidazole rings is 1. The van der Waals surface area contributed by atoms with Gasteiger partial charge in [0, 0.05) is 30.8 Å². The van der Waals surface area contributed by atoms with Crippen molar-refractivity contribution in [2.75, 3.05) is 24.5 Å². The number of rotatable bonds is 3. The molecule has 2 aliphatic rings. The second kappa shape index (κ2) is 6.80. The van der Waals surface area contributed by atoms with Gasteiger partial charge in [0.1, 0.15) is 12.1 Å². The first-order valence-electron chi connectivity index (χ1n) is 8.86. The molecule has 1 fully saturated rings. The Labute approximate surface area is 157 Å². The molecule has 4 rings (SSSR count). The zero-order chi connectivity index (χ0) is 18.3. The summed E-state index contributed by atoms with van der Waals surface area (Å²) in [5.41, 5.74) is 1.99. The lowest BCUT2D eigenvalue weighted by molar-refractivity contribution is 0.0158. The number of halogens is 1. The monoisotopic (exact) mass is 371 g/mol. The van der Waals surface area contributed by atoms with E-state index in [4.69, 9.17) is 17.4 Å². The molecule has 1 unspecified atom stereocenters. The van der Waals surface area contributed by atoms with E-state index >= 15 is 0 Å². The van der Waals surface area contributed by atoms with E-state index in [1.807, 2.05) is 29.7 Å². The van der Waals surface area contributed by atoms with Crippen molar-refractivity contribution in [3.05, 3.63) is 41.5 Å². The maximum absolute atomic E-state index is 9.20. The number of nitrogens with two attached hydrogens (primary N) is 1. The van der Waals surface area contributed by atoms with Crippen LogP contribution in [0, 0.1) is 17.2 Å². The second-order valence-corrected chi connectivity index (χ2v) is 7.28. The van der Waals surface area contributed by atoms with Crippen molar-refractivity contribution in [1.82, 2.24) is 19.5 Å². The minimum Gasteiger partial charge on any atom is -0.357 e. The van der Waals surface area contributed by atoms with Gasteiger partial charge in [0.05, 0.1) is 35.4 Å². The summed E-state index contributed by atoms with van der Waals surface area (Å²) in [6.45, 7) is 4.49. The molecule has 2 N–H and O–H groups in total. The van der Waals surface area contributed by atoms with Gasteiger partial charge in [0.25, 0.3) is 0 Å². The molecule has 0 aromatic carbocycles. The predicted molar refractivity (Wildman–Crippen MR) is 101 cm³/mol. The highest BCUT2D eigenvalue weighted by Gasteiger charge is 2.29. The number of hydrogen-bond donors (Lipinski definition) is 1. The number of anilines is 1. The van der Waals surface area contributed by atoms with Crippen LogP contribution in [-0.2, 0) is 0 Å². The molecule has 0 spiro atoms. The van der Waals surface area contributed by atoms with E-state index < -0.39 is 0 Å². The first-order chi connectivity index (χ1) is 12.6. The number of nitrogens with zero attached hydrogens (tertiary/aromatic N) is 6. The molecule has 26 heavy (non-hydrogen) atoms. The molecule has 136 valence electrons. The molecular weight excluding hydrogens is 350 g/mol. The van der Waals surface area contributed by atoms with Gasteiger partial charge in [-0.05, 0) is 31.9 Å². The van der Waals surface area contributed by atoms with Gasteiger partial charge in [-0.15, -0.1) is 0 Å². The number of aromatic nitrogens is 2. The molecule has 0 amide bonds. The first kappa shape index (κ1) is 17.2. The largest absolute Gasteiger partial charge is 0.357 e. The molecule has 7 nitrogen and oxygen atoms in total. The van der Waals surface area contributed by atoms with Crippen LogP contribution in [0.4, 0.5) is 5.82 Å². The van der Waals surface area contributed by atoms with Crippen molar-refractivity contribution in [1.29, 1.82) is 5.26 Å². The van der Waals surface area contributed by atoms with Crippen LogP contribution in [0.25, 0.3) is 5.52 Å². The zero-order valence-electron chi connectivity index (χ0n) is 14.7. The second-order valence-electron chi connectivity index (χ2n) is 6.87. The van der Waals surface area contributed by atoms with Crippen LogP contribution in [-0.4, -0.2) is 39.1 Å². The van der Waals surface area contributed by atoms with Crippen LogP contribution >= 0.6 is 11.6 Å². The van der Waals surface area contributed by atoms with Crippen LogP contribution in [0.1, 0.15) is 31.4 Å². The molecule has 8 heteroatoms. The minimum absolute atomic E-state index is 0.0201. The maximum atomic E-state index is 9.20. The summed E-state index contributed by atoms with van der Waals surface area (Å²) in [7, 11) is 0. The lowest BCUT2D eigenvalue weighted by atomic mass is 9.97. The molecule has 1 atom stereocenters. The van der Waals surface area contributed by atoms with Crippen molar-refractivity contribution in [3.63, 3.8) is 0 Å². The number of nitriles is 1. The van der Waals surface area contributed by atoms with Gasteiger partial charge >= 0.3 is 0 Å². The molecule has 4 heterocycles. The summed E-state index contributed by atoms with van der Waals surface area (Å²) in [5.74, 6) is 7.33. The van der Waals surface area contributed by atoms with Gasteiger partial charge in [-0.2, -0.15) is 10.4 Å². The van der Waals surface area contributed by atoms with E-state index in [0.717, 1.165) is 42.8 Å². The molecule has 2 aromatic rings. The third kappa shape index (κ3) is 2.80. The summed E-state index contributed by atoms with van der Waals surface area (Å²) in [5, 5.41) is 13.6. The maximum Gasteiger partial charge on any atom is 0.119 e. The number of hydrazine groups is 2. The third-order valence-electron chi connectivity index (χ3n) is 5.32. The Bertz CT molecular complexity index is 876. The number of hydrogen-bond acceptors (Lipinski definition) is 6. The number of fused-ring (bicyclic) bond motifs is 1. The van der Waals surface area contributed by atoms with Crippen molar-refractivity contribution < 1.29 is 0 Å². The number of pyridine rings is 1. The molecular formula is C18H22ClN7. The van der Waals surface area contributed by atoms with Crippen molar-refractivity contribution >= 4 is 22.9 Å². The molecule has 0 radical (unpaired) electrons. The quantitative estimate of drug-likeness (QED) is 0.836. The van der Waals surface area contributed by atoms with Crippen molar-refractivity contribution in [3.8, 4) is 6.07 Å². The van der Waals surface area contributed by atoms with E-state index in [1.54, 1.807) is 11.3 Å². The standard InChI is InChI=1S/C18H22ClN7/c1-13(25-5-2-6-26(25)21)15-9-16(19)17-11-22-12-24(17)18(15)23-7-3-14(10-20)4-8-23/h2,5,9,11-14H,3-4,6-8,21H2,1H3. The summed E-state index contributed by atoms with van der Waals surface area (Å²) < 4.78 is 2.06. The smallest absolute Gasteiger partial charge is 0.119 e. The fourth-order valence-corrected chi connectivity index (χ4v) is 4.11. The fourth-order valence-electron chi connectivity index (χ4n) is 3.85. The topological polar surface area (TPSA) is 76.8 Å². The van der Waals surface area contributed by atoms with Gasteiger partial charge in [-0.1, -0.05) is 11.6 Å². The first-order valence-corrected chi connectivity index (χ1v) is 9.24. The summed E-state index contributed by atoms with van der Waals surface area (Å²) in [4.78, 5) is 6.64. The van der Waals surface area contributed by atoms with Crippen LogP contribution < -0.4 is 10.7 Å². The molecule has 2 aliphatic heterocycles. The predicted octanol–water partition coefficient (Wildman–Crippen LogP) is 2.71. The Balaban J connectivity index is 1.79. The fraction of sp³-hybridized carbons (Fsp3) is 0.444. The van der Waals surface area contributed by atoms with Crippen molar-refractivity contribution in [2.45, 2.75) is 25.8 Å². The average molecular weight is 372 g/mol. The zero-order valence-corrected chi connectivity index (χ0v) is 15.5. The summed E-state index contributed by atoms with van der Waals surface area (Å²) in [6.07, 6.45) is 9.37. The van der Waals surface area contributed by atoms with Crippen molar-refractivity contribution in [2.24, 2.45) is 11.8 Å². The molecule has 1 saturated heterocycles. The molecule has 0 saturated carbocycles. The Morgan fingerprint density at radius 3 is 2.81 bits per heavy atom. The van der Waals surface area contributed by atoms with E-state index in [0.29, 0.717) is 11.6 Å².